The molecule has 0 bridgehead atoms. The van der Waals surface area contributed by atoms with E-state index in [9.17, 15) is 13.2 Å². The van der Waals surface area contributed by atoms with E-state index in [4.69, 9.17) is 27.9 Å². The van der Waals surface area contributed by atoms with Gasteiger partial charge < -0.3 is 10.1 Å². The minimum atomic E-state index is -3.73. The van der Waals surface area contributed by atoms with Crippen LogP contribution >= 0.6 is 34.5 Å². The van der Waals surface area contributed by atoms with Crippen LogP contribution in [0.3, 0.4) is 0 Å². The van der Waals surface area contributed by atoms with E-state index in [0.717, 1.165) is 5.56 Å². The third-order valence-electron chi connectivity index (χ3n) is 4.09. The molecule has 2 aromatic carbocycles. The van der Waals surface area contributed by atoms with Crippen LogP contribution in [-0.2, 0) is 14.8 Å². The number of aromatic nitrogens is 1. The Morgan fingerprint density at radius 3 is 2.58 bits per heavy atom. The van der Waals surface area contributed by atoms with Crippen LogP contribution in [0, 0.1) is 6.92 Å². The summed E-state index contributed by atoms with van der Waals surface area (Å²) in [6.07, 6.45) is 2.22. The van der Waals surface area contributed by atoms with Crippen molar-refractivity contribution in [2.24, 2.45) is 0 Å². The molecule has 0 fully saturated rings. The van der Waals surface area contributed by atoms with Gasteiger partial charge in [-0.05, 0) is 55.3 Å². The molecule has 1 aromatic heterocycles. The third kappa shape index (κ3) is 6.57. The number of ether oxygens (including phenoxy) is 1. The van der Waals surface area contributed by atoms with E-state index < -0.39 is 10.0 Å². The number of thiazole rings is 1. The van der Waals surface area contributed by atoms with Crippen LogP contribution in [0.1, 0.15) is 18.4 Å². The first-order valence-electron chi connectivity index (χ1n) is 9.15. The van der Waals surface area contributed by atoms with Gasteiger partial charge in [0.15, 0.2) is 5.13 Å². The lowest BCUT2D eigenvalue weighted by Crippen LogP contribution is -2.14. The Bertz CT molecular complexity index is 1130. The molecule has 3 aromatic rings. The number of benzene rings is 2. The van der Waals surface area contributed by atoms with Crippen LogP contribution in [0.15, 0.2) is 52.9 Å². The zero-order valence-corrected chi connectivity index (χ0v) is 19.5. The van der Waals surface area contributed by atoms with Crippen molar-refractivity contribution in [3.63, 3.8) is 0 Å². The van der Waals surface area contributed by atoms with Gasteiger partial charge in [-0.1, -0.05) is 23.2 Å². The number of aryl methyl sites for hydroxylation is 1. The van der Waals surface area contributed by atoms with E-state index in [2.05, 4.69) is 15.0 Å². The molecule has 7 nitrogen and oxygen atoms in total. The zero-order chi connectivity index (χ0) is 22.4. The second-order valence-electron chi connectivity index (χ2n) is 6.50. The Morgan fingerprint density at radius 2 is 1.94 bits per heavy atom. The van der Waals surface area contributed by atoms with Crippen molar-refractivity contribution in [3.8, 4) is 5.75 Å². The SMILES string of the molecule is Cc1cc(Cl)cc(Cl)c1OCCCC(=O)Nc1ccc(S(=O)(=O)Nc2nccs2)cc1. The lowest BCUT2D eigenvalue weighted by Gasteiger charge is -2.11. The average molecular weight is 500 g/mol. The molecule has 2 N–H and O–H groups in total. The van der Waals surface area contributed by atoms with Crippen LogP contribution in [0.4, 0.5) is 10.8 Å². The number of carbonyl (C=O) groups is 1. The molecule has 1 amide bonds. The van der Waals surface area contributed by atoms with E-state index in [1.54, 1.807) is 17.5 Å². The van der Waals surface area contributed by atoms with Crippen LogP contribution in [0.5, 0.6) is 5.75 Å². The first kappa shape index (κ1) is 23.3. The topological polar surface area (TPSA) is 97.4 Å². The molecular formula is C20H19Cl2N3O4S2. The van der Waals surface area contributed by atoms with Crippen molar-refractivity contribution in [2.75, 3.05) is 16.6 Å². The number of hydrogen-bond acceptors (Lipinski definition) is 6. The molecular weight excluding hydrogens is 481 g/mol. The molecule has 164 valence electrons. The lowest BCUT2D eigenvalue weighted by molar-refractivity contribution is -0.116. The van der Waals surface area contributed by atoms with Crippen LogP contribution < -0.4 is 14.8 Å². The Balaban J connectivity index is 1.47. The Morgan fingerprint density at radius 1 is 1.19 bits per heavy atom. The Labute approximate surface area is 194 Å². The number of amides is 1. The number of halogens is 2. The second kappa shape index (κ2) is 10.3. The highest BCUT2D eigenvalue weighted by Crippen LogP contribution is 2.32. The highest BCUT2D eigenvalue weighted by molar-refractivity contribution is 7.93. The lowest BCUT2D eigenvalue weighted by atomic mass is 10.2. The summed E-state index contributed by atoms with van der Waals surface area (Å²) in [5.41, 5.74) is 1.32. The van der Waals surface area contributed by atoms with Gasteiger partial charge in [-0.2, -0.15) is 0 Å². The quantitative estimate of drug-likeness (QED) is 0.386. The maximum absolute atomic E-state index is 12.3. The average Bonchev–Trinajstić information content (AvgIpc) is 3.19. The summed E-state index contributed by atoms with van der Waals surface area (Å²) < 4.78 is 32.7. The van der Waals surface area contributed by atoms with E-state index in [1.165, 1.54) is 41.8 Å². The Hall–Kier alpha value is -2.33. The van der Waals surface area contributed by atoms with E-state index >= 15 is 0 Å². The standard InChI is InChI=1S/C20H19Cl2N3O4S2/c1-13-11-14(21)12-17(22)19(13)29-9-2-3-18(26)24-15-4-6-16(7-5-15)31(27,28)25-20-23-8-10-30-20/h4-8,10-12H,2-3,9H2,1H3,(H,23,25)(H,24,26). The molecule has 1 heterocycles. The molecule has 0 atom stereocenters. The zero-order valence-electron chi connectivity index (χ0n) is 16.4. The molecule has 3 rings (SSSR count). The fourth-order valence-electron chi connectivity index (χ4n) is 2.67. The smallest absolute Gasteiger partial charge is 0.263 e. The second-order valence-corrected chi connectivity index (χ2v) is 9.92. The summed E-state index contributed by atoms with van der Waals surface area (Å²) in [7, 11) is -3.73. The van der Waals surface area contributed by atoms with Crippen molar-refractivity contribution in [3.05, 3.63) is 63.6 Å². The van der Waals surface area contributed by atoms with Gasteiger partial charge in [0.05, 0.1) is 16.5 Å². The van der Waals surface area contributed by atoms with Crippen LogP contribution in [0.25, 0.3) is 0 Å². The molecule has 0 unspecified atom stereocenters. The van der Waals surface area contributed by atoms with Gasteiger partial charge in [0.25, 0.3) is 10.0 Å². The van der Waals surface area contributed by atoms with Crippen molar-refractivity contribution in [2.45, 2.75) is 24.7 Å². The maximum Gasteiger partial charge on any atom is 0.263 e. The van der Waals surface area contributed by atoms with Crippen molar-refractivity contribution in [1.82, 2.24) is 4.98 Å². The fraction of sp³-hybridized carbons (Fsp3) is 0.200. The molecule has 0 saturated carbocycles. The molecule has 0 aliphatic heterocycles. The maximum atomic E-state index is 12.3. The minimum Gasteiger partial charge on any atom is -0.492 e. The van der Waals surface area contributed by atoms with Gasteiger partial charge in [0.2, 0.25) is 5.91 Å². The van der Waals surface area contributed by atoms with Gasteiger partial charge in [-0.25, -0.2) is 13.4 Å². The molecule has 0 spiro atoms. The Kier molecular flexibility index (Phi) is 7.77. The van der Waals surface area contributed by atoms with E-state index in [1.807, 2.05) is 6.92 Å². The van der Waals surface area contributed by atoms with Crippen molar-refractivity contribution >= 4 is 61.3 Å². The molecule has 31 heavy (non-hydrogen) atoms. The number of hydrogen-bond donors (Lipinski definition) is 2. The van der Waals surface area contributed by atoms with Crippen molar-refractivity contribution in [1.29, 1.82) is 0 Å². The molecule has 0 aliphatic carbocycles. The molecule has 11 heteroatoms. The first-order chi connectivity index (χ1) is 14.7. The summed E-state index contributed by atoms with van der Waals surface area (Å²) in [6.45, 7) is 2.16. The summed E-state index contributed by atoms with van der Waals surface area (Å²) in [4.78, 5) is 16.1. The van der Waals surface area contributed by atoms with E-state index in [-0.39, 0.29) is 22.4 Å². The van der Waals surface area contributed by atoms with Crippen molar-refractivity contribution < 1.29 is 17.9 Å². The number of sulfonamides is 1. The molecule has 0 radical (unpaired) electrons. The highest BCUT2D eigenvalue weighted by atomic mass is 35.5. The summed E-state index contributed by atoms with van der Waals surface area (Å²) in [5.74, 6) is 0.341. The third-order valence-corrected chi connectivity index (χ3v) is 6.76. The van der Waals surface area contributed by atoms with E-state index in [0.29, 0.717) is 34.5 Å². The number of anilines is 2. The van der Waals surface area contributed by atoms with Crippen LogP contribution in [-0.4, -0.2) is 25.9 Å². The highest BCUT2D eigenvalue weighted by Gasteiger charge is 2.15. The number of rotatable bonds is 9. The largest absolute Gasteiger partial charge is 0.492 e. The van der Waals surface area contributed by atoms with Gasteiger partial charge in [-0.15, -0.1) is 11.3 Å². The van der Waals surface area contributed by atoms with Crippen LogP contribution in [0.2, 0.25) is 10.0 Å². The summed E-state index contributed by atoms with van der Waals surface area (Å²) in [6, 6.07) is 9.25. The first-order valence-corrected chi connectivity index (χ1v) is 12.3. The fourth-order valence-corrected chi connectivity index (χ4v) is 5.11. The summed E-state index contributed by atoms with van der Waals surface area (Å²) in [5, 5.41) is 5.65. The monoisotopic (exact) mass is 499 g/mol. The number of nitrogens with zero attached hydrogens (tertiary/aromatic N) is 1. The predicted octanol–water partition coefficient (Wildman–Crippen LogP) is 5.36. The number of nitrogens with one attached hydrogen (secondary N) is 2. The predicted molar refractivity (Wildman–Crippen MR) is 124 cm³/mol. The van der Waals surface area contributed by atoms with Gasteiger partial charge in [-0.3, -0.25) is 9.52 Å². The normalized spacial score (nSPS) is 11.2. The summed E-state index contributed by atoms with van der Waals surface area (Å²) >= 11 is 13.2. The van der Waals surface area contributed by atoms with Gasteiger partial charge in [0, 0.05) is 28.7 Å². The van der Waals surface area contributed by atoms with Gasteiger partial charge >= 0.3 is 0 Å². The van der Waals surface area contributed by atoms with Gasteiger partial charge in [0.1, 0.15) is 5.75 Å². The molecule has 0 aliphatic rings. The number of carbonyl (C=O) groups excluding carboxylic acids is 1. The minimum absolute atomic E-state index is 0.0734. The molecule has 0 saturated heterocycles.